The van der Waals surface area contributed by atoms with E-state index in [0.717, 1.165) is 5.56 Å². The third kappa shape index (κ3) is 3.25. The van der Waals surface area contributed by atoms with Crippen molar-refractivity contribution < 1.29 is 12.8 Å². The van der Waals surface area contributed by atoms with E-state index < -0.39 is 10.0 Å². The summed E-state index contributed by atoms with van der Waals surface area (Å²) in [6, 6.07) is 9.72. The van der Waals surface area contributed by atoms with Crippen molar-refractivity contribution in [1.82, 2.24) is 14.5 Å². The Labute approximate surface area is 141 Å². The lowest BCUT2D eigenvalue weighted by molar-refractivity contribution is 0.309. The Morgan fingerprint density at radius 2 is 1.83 bits per heavy atom. The summed E-state index contributed by atoms with van der Waals surface area (Å²) in [4.78, 5) is 1.98. The highest BCUT2D eigenvalue weighted by molar-refractivity contribution is 7.89. The summed E-state index contributed by atoms with van der Waals surface area (Å²) in [6.45, 7) is 2.84. The van der Waals surface area contributed by atoms with Crippen LogP contribution in [0.5, 0.6) is 0 Å². The van der Waals surface area contributed by atoms with Crippen molar-refractivity contribution in [2.75, 3.05) is 30.8 Å². The molecule has 0 atom stereocenters. The van der Waals surface area contributed by atoms with Gasteiger partial charge in [-0.15, -0.1) is 10.2 Å². The predicted molar refractivity (Wildman–Crippen MR) is 90.7 cm³/mol. The summed E-state index contributed by atoms with van der Waals surface area (Å²) in [7, 11) is -1.55. The Hall–Kier alpha value is -2.06. The molecule has 1 saturated heterocycles. The Morgan fingerprint density at radius 3 is 2.38 bits per heavy atom. The number of rotatable bonds is 5. The third-order valence-corrected chi connectivity index (χ3v) is 6.20. The number of nitrogens with zero attached hydrogens (tertiary/aromatic N) is 4. The van der Waals surface area contributed by atoms with E-state index in [9.17, 15) is 12.8 Å². The van der Waals surface area contributed by atoms with E-state index in [-0.39, 0.29) is 17.6 Å². The molecule has 128 valence electrons. The molecule has 2 heterocycles. The van der Waals surface area contributed by atoms with Crippen LogP contribution in [0.1, 0.15) is 6.92 Å². The van der Waals surface area contributed by atoms with Crippen LogP contribution in [0.25, 0.3) is 11.3 Å². The van der Waals surface area contributed by atoms with Crippen LogP contribution in [-0.2, 0) is 10.0 Å². The van der Waals surface area contributed by atoms with E-state index in [1.54, 1.807) is 26.1 Å². The largest absolute Gasteiger partial charge is 0.352 e. The van der Waals surface area contributed by atoms with Crippen LogP contribution in [0.15, 0.2) is 36.4 Å². The fourth-order valence-electron chi connectivity index (χ4n) is 2.57. The van der Waals surface area contributed by atoms with Crippen molar-refractivity contribution >= 4 is 15.8 Å². The second-order valence-electron chi connectivity index (χ2n) is 5.76. The number of anilines is 1. The molecule has 1 aliphatic rings. The zero-order valence-electron chi connectivity index (χ0n) is 13.6. The molecule has 0 N–H and O–H groups in total. The standard InChI is InChI=1S/C16H19FN4O2S/c1-3-24(22,23)20(2)14-10-21(11-14)16-9-8-15(18-19-16)12-4-6-13(17)7-5-12/h4-9,14H,3,10-11H2,1-2H3. The Morgan fingerprint density at radius 1 is 1.17 bits per heavy atom. The molecule has 24 heavy (non-hydrogen) atoms. The van der Waals surface area contributed by atoms with Gasteiger partial charge in [-0.2, -0.15) is 4.31 Å². The number of aromatic nitrogens is 2. The number of hydrogen-bond acceptors (Lipinski definition) is 5. The van der Waals surface area contributed by atoms with Crippen LogP contribution < -0.4 is 4.90 Å². The highest BCUT2D eigenvalue weighted by Crippen LogP contribution is 2.24. The molecule has 0 spiro atoms. The zero-order chi connectivity index (χ0) is 17.3. The van der Waals surface area contributed by atoms with Crippen molar-refractivity contribution in [2.24, 2.45) is 0 Å². The van der Waals surface area contributed by atoms with E-state index in [4.69, 9.17) is 0 Å². The summed E-state index contributed by atoms with van der Waals surface area (Å²) in [5, 5.41) is 8.36. The minimum absolute atomic E-state index is 0.0338. The van der Waals surface area contributed by atoms with Gasteiger partial charge in [0.1, 0.15) is 5.82 Å². The lowest BCUT2D eigenvalue weighted by Crippen LogP contribution is -2.60. The molecular weight excluding hydrogens is 331 g/mol. The molecule has 2 aromatic rings. The second kappa shape index (κ2) is 6.45. The first-order chi connectivity index (χ1) is 11.4. The van der Waals surface area contributed by atoms with Gasteiger partial charge in [0.15, 0.2) is 5.82 Å². The smallest absolute Gasteiger partial charge is 0.213 e. The van der Waals surface area contributed by atoms with E-state index in [0.29, 0.717) is 24.6 Å². The number of sulfonamides is 1. The van der Waals surface area contributed by atoms with Crippen LogP contribution in [0.4, 0.5) is 10.2 Å². The molecule has 0 bridgehead atoms. The quantitative estimate of drug-likeness (QED) is 0.822. The van der Waals surface area contributed by atoms with Gasteiger partial charge in [-0.1, -0.05) is 0 Å². The number of halogens is 1. The molecule has 0 unspecified atom stereocenters. The molecular formula is C16H19FN4O2S. The molecule has 1 aromatic carbocycles. The molecule has 0 radical (unpaired) electrons. The lowest BCUT2D eigenvalue weighted by Gasteiger charge is -2.43. The number of benzene rings is 1. The fraction of sp³-hybridized carbons (Fsp3) is 0.375. The van der Waals surface area contributed by atoms with E-state index >= 15 is 0 Å². The van der Waals surface area contributed by atoms with Gasteiger partial charge >= 0.3 is 0 Å². The van der Waals surface area contributed by atoms with E-state index in [2.05, 4.69) is 10.2 Å². The van der Waals surface area contributed by atoms with Gasteiger partial charge in [0.2, 0.25) is 10.0 Å². The fourth-order valence-corrected chi connectivity index (χ4v) is 3.57. The van der Waals surface area contributed by atoms with Gasteiger partial charge in [0.25, 0.3) is 0 Å². The monoisotopic (exact) mass is 350 g/mol. The summed E-state index contributed by atoms with van der Waals surface area (Å²) < 4.78 is 38.1. The molecule has 6 nitrogen and oxygen atoms in total. The van der Waals surface area contributed by atoms with Crippen LogP contribution in [0.3, 0.4) is 0 Å². The van der Waals surface area contributed by atoms with Crippen LogP contribution >= 0.6 is 0 Å². The first-order valence-electron chi connectivity index (χ1n) is 7.71. The number of hydrogen-bond donors (Lipinski definition) is 0. The third-order valence-electron chi connectivity index (χ3n) is 4.29. The van der Waals surface area contributed by atoms with Crippen molar-refractivity contribution in [1.29, 1.82) is 0 Å². The van der Waals surface area contributed by atoms with Gasteiger partial charge in [-0.05, 0) is 43.3 Å². The van der Waals surface area contributed by atoms with Crippen molar-refractivity contribution in [3.8, 4) is 11.3 Å². The number of likely N-dealkylation sites (N-methyl/N-ethyl adjacent to an activating group) is 1. The topological polar surface area (TPSA) is 66.4 Å². The first-order valence-corrected chi connectivity index (χ1v) is 9.32. The zero-order valence-corrected chi connectivity index (χ0v) is 14.4. The molecule has 1 aromatic heterocycles. The van der Waals surface area contributed by atoms with Gasteiger partial charge in [-0.25, -0.2) is 12.8 Å². The first kappa shape index (κ1) is 16.8. The normalized spacial score (nSPS) is 15.6. The minimum atomic E-state index is -3.17. The van der Waals surface area contributed by atoms with Gasteiger partial charge in [0, 0.05) is 25.7 Å². The van der Waals surface area contributed by atoms with Gasteiger partial charge in [0.05, 0.1) is 17.5 Å². The maximum absolute atomic E-state index is 12.9. The van der Waals surface area contributed by atoms with Crippen LogP contribution in [-0.4, -0.2) is 54.9 Å². The maximum Gasteiger partial charge on any atom is 0.213 e. The van der Waals surface area contributed by atoms with Gasteiger partial charge < -0.3 is 4.90 Å². The molecule has 0 amide bonds. The Bertz CT molecular complexity index is 803. The lowest BCUT2D eigenvalue weighted by atomic mass is 10.1. The molecule has 0 aliphatic carbocycles. The molecule has 3 rings (SSSR count). The summed E-state index contributed by atoms with van der Waals surface area (Å²) in [6.07, 6.45) is 0. The Balaban J connectivity index is 1.65. The van der Waals surface area contributed by atoms with Crippen molar-refractivity contribution in [2.45, 2.75) is 13.0 Å². The molecule has 1 fully saturated rings. The van der Waals surface area contributed by atoms with Crippen LogP contribution in [0, 0.1) is 5.82 Å². The molecule has 1 aliphatic heterocycles. The van der Waals surface area contributed by atoms with Crippen molar-refractivity contribution in [3.63, 3.8) is 0 Å². The molecule has 0 saturated carbocycles. The minimum Gasteiger partial charge on any atom is -0.352 e. The Kier molecular flexibility index (Phi) is 4.51. The highest BCUT2D eigenvalue weighted by atomic mass is 32.2. The second-order valence-corrected chi connectivity index (χ2v) is 8.08. The maximum atomic E-state index is 12.9. The van der Waals surface area contributed by atoms with Gasteiger partial charge in [-0.3, -0.25) is 0 Å². The van der Waals surface area contributed by atoms with Crippen LogP contribution in [0.2, 0.25) is 0 Å². The van der Waals surface area contributed by atoms with E-state index in [1.807, 2.05) is 17.0 Å². The van der Waals surface area contributed by atoms with E-state index in [1.165, 1.54) is 16.4 Å². The predicted octanol–water partition coefficient (Wildman–Crippen LogP) is 1.75. The van der Waals surface area contributed by atoms with Crippen molar-refractivity contribution in [3.05, 3.63) is 42.2 Å². The average Bonchev–Trinajstić information content (AvgIpc) is 2.55. The molecule has 8 heteroatoms. The average molecular weight is 350 g/mol. The highest BCUT2D eigenvalue weighted by Gasteiger charge is 2.35. The summed E-state index contributed by atoms with van der Waals surface area (Å²) in [5.41, 5.74) is 1.47. The summed E-state index contributed by atoms with van der Waals surface area (Å²) in [5.74, 6) is 0.520. The summed E-state index contributed by atoms with van der Waals surface area (Å²) >= 11 is 0. The SMILES string of the molecule is CCS(=O)(=O)N(C)C1CN(c2ccc(-c3ccc(F)cc3)nn2)C1.